The van der Waals surface area contributed by atoms with Crippen LogP contribution in [0.2, 0.25) is 0 Å². The molecule has 0 radical (unpaired) electrons. The maximum Gasteiger partial charge on any atom is 0.312 e. The van der Waals surface area contributed by atoms with Gasteiger partial charge in [0.2, 0.25) is 0 Å². The molecule has 34 heavy (non-hydrogen) atoms. The van der Waals surface area contributed by atoms with E-state index < -0.39 is 23.1 Å². The van der Waals surface area contributed by atoms with Gasteiger partial charge >= 0.3 is 5.97 Å². The molecule has 2 bridgehead atoms. The van der Waals surface area contributed by atoms with E-state index in [1.165, 1.54) is 25.7 Å². The van der Waals surface area contributed by atoms with Crippen LogP contribution in [0.15, 0.2) is 42.5 Å². The van der Waals surface area contributed by atoms with E-state index in [4.69, 9.17) is 4.74 Å². The van der Waals surface area contributed by atoms with Gasteiger partial charge in [-0.2, -0.15) is 0 Å². The number of unbranched alkanes of at least 4 members (excludes halogenated alkanes) is 6. The van der Waals surface area contributed by atoms with E-state index in [-0.39, 0.29) is 11.8 Å². The predicted octanol–water partition coefficient (Wildman–Crippen LogP) is 6.08. The fourth-order valence-corrected chi connectivity index (χ4v) is 5.78. The highest BCUT2D eigenvalue weighted by molar-refractivity contribution is 5.79. The van der Waals surface area contributed by atoms with Crippen LogP contribution in [0.4, 0.5) is 0 Å². The molecule has 0 aliphatic heterocycles. The molecule has 2 N–H and O–H groups in total. The minimum Gasteiger partial charge on any atom is -0.465 e. The predicted molar refractivity (Wildman–Crippen MR) is 135 cm³/mol. The second kappa shape index (κ2) is 9.47. The van der Waals surface area contributed by atoms with Crippen molar-refractivity contribution in [1.82, 2.24) is 0 Å². The molecule has 0 spiro atoms. The molecule has 0 saturated heterocycles. The molecule has 2 aromatic carbocycles. The lowest BCUT2D eigenvalue weighted by Crippen LogP contribution is -2.57. The molecule has 4 heteroatoms. The van der Waals surface area contributed by atoms with Gasteiger partial charge in [0.15, 0.2) is 0 Å². The lowest BCUT2D eigenvalue weighted by Gasteiger charge is -2.54. The summed E-state index contributed by atoms with van der Waals surface area (Å²) >= 11 is 0. The average Bonchev–Trinajstić information content (AvgIpc) is 2.81. The van der Waals surface area contributed by atoms with Gasteiger partial charge in [0.05, 0.1) is 12.5 Å². The summed E-state index contributed by atoms with van der Waals surface area (Å²) in [7, 11) is 0. The number of benzene rings is 2. The number of aliphatic hydroxyl groups is 2. The zero-order chi connectivity index (χ0) is 24.6. The van der Waals surface area contributed by atoms with Gasteiger partial charge in [0.25, 0.3) is 0 Å². The smallest absolute Gasteiger partial charge is 0.312 e. The molecule has 184 valence electrons. The second-order valence-electron chi connectivity index (χ2n) is 11.2. The molecule has 4 nitrogen and oxygen atoms in total. The van der Waals surface area contributed by atoms with Crippen LogP contribution in [0, 0.1) is 5.92 Å². The summed E-state index contributed by atoms with van der Waals surface area (Å²) in [6.45, 7) is 8.96. The molecule has 3 unspecified atom stereocenters. The first-order chi connectivity index (χ1) is 16.1. The zero-order valence-electron chi connectivity index (χ0n) is 21.2. The molecule has 2 aromatic rings. The van der Waals surface area contributed by atoms with Crippen molar-refractivity contribution < 1.29 is 19.7 Å². The third-order valence-electron chi connectivity index (χ3n) is 7.81. The van der Waals surface area contributed by atoms with E-state index in [1.54, 1.807) is 0 Å². The monoisotopic (exact) mass is 464 g/mol. The molecular formula is C30H40O4. The number of hydrogen-bond donors (Lipinski definition) is 2. The molecule has 0 fully saturated rings. The fourth-order valence-electron chi connectivity index (χ4n) is 5.78. The Morgan fingerprint density at radius 2 is 1.53 bits per heavy atom. The summed E-state index contributed by atoms with van der Waals surface area (Å²) < 4.78 is 5.67. The van der Waals surface area contributed by atoms with Crippen molar-refractivity contribution in [2.24, 2.45) is 5.92 Å². The first kappa shape index (κ1) is 24.9. The number of ether oxygens (including phenoxy) is 1. The Hall–Kier alpha value is -2.17. The van der Waals surface area contributed by atoms with Gasteiger partial charge in [0, 0.05) is 6.42 Å². The van der Waals surface area contributed by atoms with Gasteiger partial charge in [-0.15, -0.1) is 0 Å². The molecule has 0 amide bonds. The Bertz CT molecular complexity index is 1040. The quantitative estimate of drug-likeness (QED) is 0.348. The van der Waals surface area contributed by atoms with Crippen LogP contribution >= 0.6 is 0 Å². The van der Waals surface area contributed by atoms with Crippen molar-refractivity contribution in [2.75, 3.05) is 6.61 Å². The zero-order valence-corrected chi connectivity index (χ0v) is 21.2. The van der Waals surface area contributed by atoms with E-state index in [9.17, 15) is 15.0 Å². The third kappa shape index (κ3) is 4.20. The summed E-state index contributed by atoms with van der Waals surface area (Å²) in [5, 5.41) is 24.2. The molecular weight excluding hydrogens is 424 g/mol. The number of rotatable bonds is 9. The summed E-state index contributed by atoms with van der Waals surface area (Å²) in [5.74, 6) is -1.27. The number of esters is 1. The van der Waals surface area contributed by atoms with Crippen LogP contribution in [0.25, 0.3) is 0 Å². The maximum atomic E-state index is 13.3. The number of hydrogen-bond acceptors (Lipinski definition) is 4. The van der Waals surface area contributed by atoms with Crippen LogP contribution in [0.1, 0.15) is 107 Å². The average molecular weight is 465 g/mol. The van der Waals surface area contributed by atoms with Gasteiger partial charge in [-0.05, 0) is 39.7 Å². The van der Waals surface area contributed by atoms with Crippen LogP contribution in [0.5, 0.6) is 0 Å². The van der Waals surface area contributed by atoms with Crippen molar-refractivity contribution in [3.8, 4) is 0 Å². The topological polar surface area (TPSA) is 66.8 Å². The van der Waals surface area contributed by atoms with Gasteiger partial charge in [-0.25, -0.2) is 0 Å². The summed E-state index contributed by atoms with van der Waals surface area (Å²) in [6, 6.07) is 13.3. The highest BCUT2D eigenvalue weighted by Crippen LogP contribution is 2.60. The van der Waals surface area contributed by atoms with E-state index >= 15 is 0 Å². The molecule has 0 saturated carbocycles. The molecule has 3 aliphatic rings. The van der Waals surface area contributed by atoms with Gasteiger partial charge in [-0.1, -0.05) is 109 Å². The maximum absolute atomic E-state index is 13.3. The summed E-state index contributed by atoms with van der Waals surface area (Å²) in [4.78, 5) is 13.3. The fraction of sp³-hybridized carbons (Fsp3) is 0.567. The molecule has 3 aliphatic carbocycles. The van der Waals surface area contributed by atoms with Crippen LogP contribution in [-0.4, -0.2) is 22.8 Å². The highest BCUT2D eigenvalue weighted by Gasteiger charge is 2.62. The number of carbonyl (C=O) groups excluding carboxylic acids is 1. The summed E-state index contributed by atoms with van der Waals surface area (Å²) in [6.07, 6.45) is 8.14. The van der Waals surface area contributed by atoms with Gasteiger partial charge in [0.1, 0.15) is 11.2 Å². The number of carbonyl (C=O) groups is 1. The van der Waals surface area contributed by atoms with Crippen LogP contribution < -0.4 is 0 Å². The molecule has 3 atom stereocenters. The Morgan fingerprint density at radius 1 is 0.912 bits per heavy atom. The molecule has 0 heterocycles. The number of fused-ring (bicyclic) bond motifs is 1. The molecule has 5 rings (SSSR count). The normalized spacial score (nSPS) is 25.1. The van der Waals surface area contributed by atoms with Crippen molar-refractivity contribution >= 4 is 5.97 Å². The lowest BCUT2D eigenvalue weighted by molar-refractivity contribution is -0.167. The first-order valence-electron chi connectivity index (χ1n) is 13.0. The Balaban J connectivity index is 1.58. The van der Waals surface area contributed by atoms with E-state index in [0.29, 0.717) is 28.9 Å². The van der Waals surface area contributed by atoms with Crippen molar-refractivity contribution in [3.63, 3.8) is 0 Å². The standard InChI is InChI=1S/C30H40O4/c1-5-6-7-8-9-10-13-18-34-27(31)26-20-29(32)22-14-11-12-15-23(22)30(26,33)24-17-16-21(19-25(24)29)28(2,3)4/h11-12,14-17,19,26,32-33H,5-10,13,18,20H2,1-4H3. The Kier molecular flexibility index (Phi) is 6.94. The van der Waals surface area contributed by atoms with E-state index in [0.717, 1.165) is 24.8 Å². The third-order valence-corrected chi connectivity index (χ3v) is 7.81. The van der Waals surface area contributed by atoms with Gasteiger partial charge in [-0.3, -0.25) is 4.79 Å². The van der Waals surface area contributed by atoms with Crippen molar-refractivity contribution in [2.45, 2.75) is 95.7 Å². The van der Waals surface area contributed by atoms with Crippen molar-refractivity contribution in [3.05, 3.63) is 70.3 Å². The van der Waals surface area contributed by atoms with Crippen molar-refractivity contribution in [1.29, 1.82) is 0 Å². The Morgan fingerprint density at radius 3 is 2.21 bits per heavy atom. The lowest BCUT2D eigenvalue weighted by atomic mass is 9.54. The Labute approximate surface area is 204 Å². The highest BCUT2D eigenvalue weighted by atomic mass is 16.5. The van der Waals surface area contributed by atoms with Crippen LogP contribution in [0.3, 0.4) is 0 Å². The minimum absolute atomic E-state index is 0.0981. The molecule has 0 aromatic heterocycles. The van der Waals surface area contributed by atoms with E-state index in [1.807, 2.05) is 42.5 Å². The largest absolute Gasteiger partial charge is 0.465 e. The minimum atomic E-state index is -1.51. The first-order valence-corrected chi connectivity index (χ1v) is 13.0. The SMILES string of the molecule is CCCCCCCCCOC(=O)C1CC2(O)c3ccccc3C1(O)c1ccc(C(C)(C)C)cc12. The second-order valence-corrected chi connectivity index (χ2v) is 11.2. The van der Waals surface area contributed by atoms with Crippen LogP contribution in [-0.2, 0) is 26.1 Å². The summed E-state index contributed by atoms with van der Waals surface area (Å²) in [5.41, 5.74) is 0.767. The van der Waals surface area contributed by atoms with Gasteiger partial charge < -0.3 is 14.9 Å². The van der Waals surface area contributed by atoms with E-state index in [2.05, 4.69) is 27.7 Å².